The largest absolute Gasteiger partial charge is 0.334 e. The van der Waals surface area contributed by atoms with E-state index >= 15 is 0 Å². The van der Waals surface area contributed by atoms with Gasteiger partial charge in [-0.25, -0.2) is 22.9 Å². The number of hydrogen-bond acceptors (Lipinski definition) is 5. The van der Waals surface area contributed by atoms with Gasteiger partial charge in [0.1, 0.15) is 0 Å². The topological polar surface area (TPSA) is 106 Å². The summed E-state index contributed by atoms with van der Waals surface area (Å²) in [5, 5.41) is 9.62. The van der Waals surface area contributed by atoms with E-state index in [2.05, 4.69) is 20.7 Å². The zero-order valence-electron chi connectivity index (χ0n) is 14.3. The summed E-state index contributed by atoms with van der Waals surface area (Å²) in [5.41, 5.74) is 0.961. The number of nitrogens with one attached hydrogen (secondary N) is 2. The van der Waals surface area contributed by atoms with Crippen molar-refractivity contribution < 1.29 is 13.2 Å². The van der Waals surface area contributed by atoms with E-state index in [1.807, 2.05) is 6.07 Å². The predicted molar refractivity (Wildman–Crippen MR) is 102 cm³/mol. The van der Waals surface area contributed by atoms with Crippen molar-refractivity contribution in [3.63, 3.8) is 0 Å². The van der Waals surface area contributed by atoms with Gasteiger partial charge in [0.15, 0.2) is 15.7 Å². The highest BCUT2D eigenvalue weighted by atomic mass is 35.5. The number of anilines is 1. The fraction of sp³-hybridized carbons (Fsp3) is 0.118. The van der Waals surface area contributed by atoms with Gasteiger partial charge in [-0.15, -0.1) is 0 Å². The molecule has 2 aromatic heterocycles. The molecule has 0 fully saturated rings. The average Bonchev–Trinajstić information content (AvgIpc) is 3.15. The molecule has 0 atom stereocenters. The van der Waals surface area contributed by atoms with Crippen LogP contribution in [0, 0.1) is 0 Å². The van der Waals surface area contributed by atoms with E-state index < -0.39 is 15.9 Å². The predicted octanol–water partition coefficient (Wildman–Crippen LogP) is 2.65. The van der Waals surface area contributed by atoms with Gasteiger partial charge in [0.25, 0.3) is 0 Å². The molecule has 0 radical (unpaired) electrons. The van der Waals surface area contributed by atoms with E-state index in [-0.39, 0.29) is 22.2 Å². The summed E-state index contributed by atoms with van der Waals surface area (Å²) in [7, 11) is -3.41. The highest BCUT2D eigenvalue weighted by molar-refractivity contribution is 7.90. The molecule has 2 N–H and O–H groups in total. The minimum atomic E-state index is -3.41. The van der Waals surface area contributed by atoms with Crippen molar-refractivity contribution in [1.82, 2.24) is 20.1 Å². The van der Waals surface area contributed by atoms with Gasteiger partial charge in [-0.2, -0.15) is 5.10 Å². The van der Waals surface area contributed by atoms with Crippen LogP contribution in [0.2, 0.25) is 5.02 Å². The Kier molecular flexibility index (Phi) is 5.43. The zero-order chi connectivity index (χ0) is 19.4. The second-order valence-corrected chi connectivity index (χ2v) is 8.08. The van der Waals surface area contributed by atoms with Crippen molar-refractivity contribution in [2.75, 3.05) is 11.6 Å². The first-order valence-corrected chi connectivity index (χ1v) is 10.1. The Morgan fingerprint density at radius 2 is 2.04 bits per heavy atom. The lowest BCUT2D eigenvalue weighted by molar-refractivity contribution is 0.251. The van der Waals surface area contributed by atoms with Crippen molar-refractivity contribution in [3.8, 4) is 5.82 Å². The van der Waals surface area contributed by atoms with Crippen LogP contribution in [-0.4, -0.2) is 35.5 Å². The number of nitrogens with zero attached hydrogens (tertiary/aromatic N) is 3. The van der Waals surface area contributed by atoms with Crippen molar-refractivity contribution in [3.05, 3.63) is 65.6 Å². The van der Waals surface area contributed by atoms with Crippen LogP contribution in [-0.2, 0) is 16.4 Å². The highest BCUT2D eigenvalue weighted by Crippen LogP contribution is 2.25. The van der Waals surface area contributed by atoms with Gasteiger partial charge in [-0.3, -0.25) is 0 Å². The van der Waals surface area contributed by atoms with E-state index in [1.54, 1.807) is 35.4 Å². The number of urea groups is 1. The molecule has 3 rings (SSSR count). The first-order chi connectivity index (χ1) is 12.8. The van der Waals surface area contributed by atoms with Crippen LogP contribution in [0.15, 0.2) is 59.9 Å². The molecule has 10 heteroatoms. The standard InChI is InChI=1S/C17H16ClN5O3S/c1-27(25,26)13-5-6-14(18)15(10-13)22-17(24)20-11-12-4-2-7-19-16(12)23-9-3-8-21-23/h2-10H,11H2,1H3,(H2,20,22,24). The van der Waals surface area contributed by atoms with Crippen LogP contribution >= 0.6 is 11.6 Å². The van der Waals surface area contributed by atoms with Crippen molar-refractivity contribution in [1.29, 1.82) is 0 Å². The third-order valence-corrected chi connectivity index (χ3v) is 5.08. The summed E-state index contributed by atoms with van der Waals surface area (Å²) in [6, 6.07) is 8.94. The van der Waals surface area contributed by atoms with Gasteiger partial charge in [-0.05, 0) is 30.3 Å². The molecule has 0 spiro atoms. The zero-order valence-corrected chi connectivity index (χ0v) is 15.8. The maximum absolute atomic E-state index is 12.2. The van der Waals surface area contributed by atoms with Crippen LogP contribution < -0.4 is 10.6 Å². The molecular formula is C17H16ClN5O3S. The Labute approximate surface area is 161 Å². The van der Waals surface area contributed by atoms with Crippen molar-refractivity contribution >= 4 is 33.2 Å². The quantitative estimate of drug-likeness (QED) is 0.678. The molecule has 0 saturated carbocycles. The molecule has 2 heterocycles. The molecule has 0 aliphatic heterocycles. The van der Waals surface area contributed by atoms with E-state index in [4.69, 9.17) is 11.6 Å². The molecule has 0 bridgehead atoms. The van der Waals surface area contributed by atoms with E-state index in [0.717, 1.165) is 11.8 Å². The fourth-order valence-electron chi connectivity index (χ4n) is 2.34. The minimum absolute atomic E-state index is 0.0652. The van der Waals surface area contributed by atoms with E-state index in [9.17, 15) is 13.2 Å². The Balaban J connectivity index is 1.72. The summed E-state index contributed by atoms with van der Waals surface area (Å²) in [5.74, 6) is 0.597. The van der Waals surface area contributed by atoms with Gasteiger partial charge in [-0.1, -0.05) is 17.7 Å². The van der Waals surface area contributed by atoms with Crippen LogP contribution in [0.1, 0.15) is 5.56 Å². The van der Waals surface area contributed by atoms with Crippen LogP contribution in [0.3, 0.4) is 0 Å². The number of hydrogen-bond donors (Lipinski definition) is 2. The lowest BCUT2D eigenvalue weighted by Gasteiger charge is -2.12. The molecule has 2 amide bonds. The second-order valence-electron chi connectivity index (χ2n) is 5.66. The summed E-state index contributed by atoms with van der Waals surface area (Å²) < 4.78 is 24.9. The fourth-order valence-corrected chi connectivity index (χ4v) is 3.15. The lowest BCUT2D eigenvalue weighted by Crippen LogP contribution is -2.29. The summed E-state index contributed by atoms with van der Waals surface area (Å²) >= 11 is 6.04. The number of sulfone groups is 1. The molecule has 0 aliphatic carbocycles. The molecule has 8 nitrogen and oxygen atoms in total. The normalized spacial score (nSPS) is 11.2. The smallest absolute Gasteiger partial charge is 0.319 e. The Hall–Kier alpha value is -2.91. The second kappa shape index (κ2) is 7.77. The number of carbonyl (C=O) groups is 1. The monoisotopic (exact) mass is 405 g/mol. The molecule has 0 unspecified atom stereocenters. The van der Waals surface area contributed by atoms with Crippen LogP contribution in [0.25, 0.3) is 5.82 Å². The number of halogens is 1. The third-order valence-electron chi connectivity index (χ3n) is 3.64. The number of pyridine rings is 1. The highest BCUT2D eigenvalue weighted by Gasteiger charge is 2.13. The summed E-state index contributed by atoms with van der Waals surface area (Å²) in [4.78, 5) is 16.6. The first-order valence-electron chi connectivity index (χ1n) is 7.83. The molecule has 140 valence electrons. The Morgan fingerprint density at radius 1 is 1.22 bits per heavy atom. The number of benzene rings is 1. The Morgan fingerprint density at radius 3 is 2.74 bits per heavy atom. The maximum Gasteiger partial charge on any atom is 0.319 e. The van der Waals surface area contributed by atoms with E-state index in [1.165, 1.54) is 18.2 Å². The SMILES string of the molecule is CS(=O)(=O)c1ccc(Cl)c(NC(=O)NCc2cccnc2-n2cccn2)c1. The summed E-state index contributed by atoms with van der Waals surface area (Å²) in [6.45, 7) is 0.193. The van der Waals surface area contributed by atoms with Gasteiger partial charge in [0.2, 0.25) is 0 Å². The number of amides is 2. The molecule has 27 heavy (non-hydrogen) atoms. The maximum atomic E-state index is 12.2. The van der Waals surface area contributed by atoms with Gasteiger partial charge >= 0.3 is 6.03 Å². The molecule has 0 saturated heterocycles. The Bertz CT molecular complexity index is 1070. The molecule has 3 aromatic rings. The minimum Gasteiger partial charge on any atom is -0.334 e. The number of aromatic nitrogens is 3. The average molecular weight is 406 g/mol. The molecule has 0 aliphatic rings. The van der Waals surface area contributed by atoms with Crippen molar-refractivity contribution in [2.45, 2.75) is 11.4 Å². The van der Waals surface area contributed by atoms with Gasteiger partial charge in [0.05, 0.1) is 15.6 Å². The first kappa shape index (κ1) is 18.9. The lowest BCUT2D eigenvalue weighted by atomic mass is 10.2. The number of rotatable bonds is 5. The van der Waals surface area contributed by atoms with Crippen molar-refractivity contribution in [2.24, 2.45) is 0 Å². The summed E-state index contributed by atoms with van der Waals surface area (Å²) in [6.07, 6.45) is 6.11. The third kappa shape index (κ3) is 4.63. The van der Waals surface area contributed by atoms with Gasteiger partial charge < -0.3 is 10.6 Å². The van der Waals surface area contributed by atoms with Gasteiger partial charge in [0, 0.05) is 37.0 Å². The number of carbonyl (C=O) groups excluding carboxylic acids is 1. The molecule has 1 aromatic carbocycles. The molecular weight excluding hydrogens is 390 g/mol. The van der Waals surface area contributed by atoms with E-state index in [0.29, 0.717) is 5.82 Å². The van der Waals surface area contributed by atoms with Crippen LogP contribution in [0.4, 0.5) is 10.5 Å². The van der Waals surface area contributed by atoms with Crippen LogP contribution in [0.5, 0.6) is 0 Å².